The van der Waals surface area contributed by atoms with Crippen molar-refractivity contribution >= 4 is 17.6 Å². The Morgan fingerprint density at radius 2 is 1.97 bits per heavy atom. The number of anilines is 1. The van der Waals surface area contributed by atoms with Gasteiger partial charge in [-0.1, -0.05) is 12.1 Å². The predicted octanol–water partition coefficient (Wildman–Crippen LogP) is 2.85. The minimum absolute atomic E-state index is 0.0559. The lowest BCUT2D eigenvalue weighted by molar-refractivity contribution is 0.0948. The zero-order chi connectivity index (χ0) is 24.6. The normalized spacial score (nSPS) is 15.5. The first-order valence-corrected chi connectivity index (χ1v) is 10.5. The molecule has 0 spiro atoms. The third kappa shape index (κ3) is 4.21. The van der Waals surface area contributed by atoms with E-state index in [0.717, 1.165) is 6.07 Å². The van der Waals surface area contributed by atoms with E-state index in [2.05, 4.69) is 10.4 Å². The number of ether oxygens (including phenoxy) is 1. The molecule has 1 saturated heterocycles. The van der Waals surface area contributed by atoms with Crippen molar-refractivity contribution in [1.29, 1.82) is 0 Å². The third-order valence-electron chi connectivity index (χ3n) is 5.75. The van der Waals surface area contributed by atoms with Crippen LogP contribution in [0.5, 0.6) is 0 Å². The van der Waals surface area contributed by atoms with E-state index in [9.17, 15) is 18.4 Å². The van der Waals surface area contributed by atoms with Gasteiger partial charge in [-0.15, -0.1) is 0 Å². The van der Waals surface area contributed by atoms with E-state index in [1.54, 1.807) is 6.92 Å². The minimum Gasteiger partial charge on any atom is -0.383 e. The topological polar surface area (TPSA) is 125 Å². The minimum atomic E-state index is -1.27. The first-order valence-electron chi connectivity index (χ1n) is 10.5. The quantitative estimate of drug-likeness (QED) is 0.508. The largest absolute Gasteiger partial charge is 0.383 e. The summed E-state index contributed by atoms with van der Waals surface area (Å²) in [6.45, 7) is 2.06. The average Bonchev–Trinajstić information content (AvgIpc) is 3.44. The van der Waals surface area contributed by atoms with Gasteiger partial charge in [-0.3, -0.25) is 9.59 Å². The second-order valence-electron chi connectivity index (χ2n) is 7.98. The lowest BCUT2D eigenvalue weighted by atomic mass is 10.0. The highest BCUT2D eigenvalue weighted by Crippen LogP contribution is 2.34. The molecule has 11 heteroatoms. The monoisotopic (exact) mass is 473 g/mol. The first-order chi connectivity index (χ1) is 16.2. The van der Waals surface area contributed by atoms with Crippen LogP contribution >= 0.6 is 0 Å². The molecule has 0 saturated carbocycles. The fourth-order valence-corrected chi connectivity index (χ4v) is 3.89. The standard InChI is InChI=1S/C23H22F3N5O3/c1-11-2-4-13(24)8-16(11)23(33)29-9-12-3-5-15(19(26)18(12)25)20-17(22(28)32)21(27)31(30-20)14-6-7-34-10-14/h2-5,8,14H,6-7,9-10,27H2,1H3,(H2,28,32)(H,29,33). The molecule has 3 aromatic rings. The summed E-state index contributed by atoms with van der Waals surface area (Å²) in [4.78, 5) is 24.4. The number of halogens is 3. The summed E-state index contributed by atoms with van der Waals surface area (Å²) >= 11 is 0. The number of carbonyl (C=O) groups excluding carboxylic acids is 2. The van der Waals surface area contributed by atoms with Crippen LogP contribution in [0, 0.1) is 24.4 Å². The van der Waals surface area contributed by atoms with Crippen LogP contribution in [-0.4, -0.2) is 34.8 Å². The Labute approximate surface area is 192 Å². The van der Waals surface area contributed by atoms with Gasteiger partial charge in [0.15, 0.2) is 11.6 Å². The Morgan fingerprint density at radius 3 is 2.65 bits per heavy atom. The number of aryl methyl sites for hydroxylation is 1. The highest BCUT2D eigenvalue weighted by Gasteiger charge is 2.29. The van der Waals surface area contributed by atoms with Crippen molar-refractivity contribution in [2.75, 3.05) is 18.9 Å². The van der Waals surface area contributed by atoms with Gasteiger partial charge in [-0.05, 0) is 37.1 Å². The fraction of sp³-hybridized carbons (Fsp3) is 0.261. The van der Waals surface area contributed by atoms with Gasteiger partial charge in [0.25, 0.3) is 11.8 Å². The van der Waals surface area contributed by atoms with E-state index in [1.807, 2.05) is 0 Å². The van der Waals surface area contributed by atoms with Crippen molar-refractivity contribution in [3.63, 3.8) is 0 Å². The summed E-state index contributed by atoms with van der Waals surface area (Å²) in [6.07, 6.45) is 0.587. The van der Waals surface area contributed by atoms with Crippen LogP contribution < -0.4 is 16.8 Å². The molecule has 1 aliphatic heterocycles. The lowest BCUT2D eigenvalue weighted by Gasteiger charge is -2.11. The number of amides is 2. The molecular weight excluding hydrogens is 451 g/mol. The number of nitrogens with one attached hydrogen (secondary N) is 1. The molecule has 1 aromatic heterocycles. The summed E-state index contributed by atoms with van der Waals surface area (Å²) in [6, 6.07) is 5.95. The van der Waals surface area contributed by atoms with Crippen molar-refractivity contribution in [2.45, 2.75) is 25.9 Å². The Hall–Kier alpha value is -3.86. The maximum atomic E-state index is 15.1. The highest BCUT2D eigenvalue weighted by atomic mass is 19.2. The summed E-state index contributed by atoms with van der Waals surface area (Å²) in [5, 5.41) is 6.70. The molecule has 0 bridgehead atoms. The van der Waals surface area contributed by atoms with Crippen LogP contribution in [-0.2, 0) is 11.3 Å². The summed E-state index contributed by atoms with van der Waals surface area (Å²) in [5.41, 5.74) is 11.3. The molecule has 34 heavy (non-hydrogen) atoms. The van der Waals surface area contributed by atoms with E-state index < -0.39 is 29.3 Å². The van der Waals surface area contributed by atoms with Gasteiger partial charge >= 0.3 is 0 Å². The molecule has 8 nitrogen and oxygen atoms in total. The zero-order valence-electron chi connectivity index (χ0n) is 18.2. The highest BCUT2D eigenvalue weighted by molar-refractivity contribution is 6.03. The molecule has 1 fully saturated rings. The van der Waals surface area contributed by atoms with Gasteiger partial charge < -0.3 is 21.5 Å². The Bertz CT molecular complexity index is 1290. The maximum Gasteiger partial charge on any atom is 0.254 e. The van der Waals surface area contributed by atoms with Crippen molar-refractivity contribution < 1.29 is 27.5 Å². The summed E-state index contributed by atoms with van der Waals surface area (Å²) in [7, 11) is 0. The van der Waals surface area contributed by atoms with Crippen molar-refractivity contribution in [2.24, 2.45) is 5.73 Å². The molecule has 1 atom stereocenters. The van der Waals surface area contributed by atoms with Crippen LogP contribution in [0.2, 0.25) is 0 Å². The van der Waals surface area contributed by atoms with Crippen LogP contribution in [0.3, 0.4) is 0 Å². The Balaban J connectivity index is 1.63. The number of nitrogens with zero attached hydrogens (tertiary/aromatic N) is 2. The number of nitrogens with two attached hydrogens (primary N) is 2. The van der Waals surface area contributed by atoms with Gasteiger partial charge in [0.1, 0.15) is 22.9 Å². The molecular formula is C23H22F3N5O3. The van der Waals surface area contributed by atoms with E-state index >= 15 is 4.39 Å². The molecule has 4 rings (SSSR count). The number of benzene rings is 2. The molecule has 2 amide bonds. The Morgan fingerprint density at radius 1 is 1.21 bits per heavy atom. The average molecular weight is 473 g/mol. The molecule has 2 heterocycles. The first kappa shape index (κ1) is 23.3. The second-order valence-corrected chi connectivity index (χ2v) is 7.98. The number of nitrogen functional groups attached to an aromatic ring is 1. The smallest absolute Gasteiger partial charge is 0.254 e. The van der Waals surface area contributed by atoms with E-state index in [1.165, 1.54) is 28.9 Å². The number of hydrogen-bond acceptors (Lipinski definition) is 5. The van der Waals surface area contributed by atoms with Crippen LogP contribution in [0.25, 0.3) is 11.3 Å². The molecule has 0 radical (unpaired) electrons. The van der Waals surface area contributed by atoms with Gasteiger partial charge in [0.2, 0.25) is 0 Å². The Kier molecular flexibility index (Phi) is 6.29. The molecule has 1 unspecified atom stereocenters. The molecule has 2 aromatic carbocycles. The van der Waals surface area contributed by atoms with Crippen LogP contribution in [0.4, 0.5) is 19.0 Å². The molecule has 1 aliphatic rings. The number of rotatable bonds is 6. The predicted molar refractivity (Wildman–Crippen MR) is 117 cm³/mol. The number of primary amides is 1. The summed E-state index contributed by atoms with van der Waals surface area (Å²) in [5.74, 6) is -4.73. The number of hydrogen-bond donors (Lipinski definition) is 3. The lowest BCUT2D eigenvalue weighted by Crippen LogP contribution is -2.24. The fourth-order valence-electron chi connectivity index (χ4n) is 3.89. The van der Waals surface area contributed by atoms with Crippen molar-refractivity contribution in [1.82, 2.24) is 15.1 Å². The SMILES string of the molecule is Cc1ccc(F)cc1C(=O)NCc1ccc(-c2nn(C3CCOC3)c(N)c2C(N)=O)c(F)c1F. The maximum absolute atomic E-state index is 15.1. The summed E-state index contributed by atoms with van der Waals surface area (Å²) < 4.78 is 50.1. The van der Waals surface area contributed by atoms with Gasteiger partial charge in [0, 0.05) is 29.8 Å². The van der Waals surface area contributed by atoms with Gasteiger partial charge in [-0.25, -0.2) is 17.9 Å². The number of aromatic nitrogens is 2. The number of carbonyl (C=O) groups is 2. The molecule has 178 valence electrons. The van der Waals surface area contributed by atoms with Gasteiger partial charge in [0.05, 0.1) is 12.6 Å². The molecule has 0 aliphatic carbocycles. The second kappa shape index (κ2) is 9.18. The zero-order valence-corrected chi connectivity index (χ0v) is 18.2. The van der Waals surface area contributed by atoms with Crippen LogP contribution in [0.15, 0.2) is 30.3 Å². The third-order valence-corrected chi connectivity index (χ3v) is 5.75. The van der Waals surface area contributed by atoms with Crippen LogP contribution in [0.1, 0.15) is 44.3 Å². The van der Waals surface area contributed by atoms with E-state index in [-0.39, 0.29) is 46.4 Å². The molecule has 5 N–H and O–H groups in total. The van der Waals surface area contributed by atoms with Crippen molar-refractivity contribution in [3.8, 4) is 11.3 Å². The van der Waals surface area contributed by atoms with Crippen molar-refractivity contribution in [3.05, 3.63) is 70.0 Å². The van der Waals surface area contributed by atoms with E-state index in [0.29, 0.717) is 25.2 Å². The van der Waals surface area contributed by atoms with E-state index in [4.69, 9.17) is 16.2 Å². The van der Waals surface area contributed by atoms with Gasteiger partial charge in [-0.2, -0.15) is 5.10 Å².